The van der Waals surface area contributed by atoms with Crippen molar-refractivity contribution in [1.82, 2.24) is 0 Å². The molecule has 27 rings (SSSR count). The predicted molar refractivity (Wildman–Crippen MR) is 635 cm³/mol. The maximum atomic E-state index is 10.5. The fourth-order valence-corrected chi connectivity index (χ4v) is 23.1. The zero-order valence-electron chi connectivity index (χ0n) is 83.0. The Morgan fingerprint density at radius 1 is 0.200 bits per heavy atom. The molecule has 27 aromatic rings. The molecule has 0 radical (unpaired) electrons. The quantitative estimate of drug-likeness (QED) is 0.0644. The molecule has 23 aromatic carbocycles. The van der Waals surface area contributed by atoms with Crippen LogP contribution >= 0.6 is 31.9 Å². The lowest BCUT2D eigenvalue weighted by atomic mass is 9.72. The fraction of sp³-hybridized carbons (Fsp3) is 0.0597. The summed E-state index contributed by atoms with van der Waals surface area (Å²) in [7, 11) is -3.63. The summed E-state index contributed by atoms with van der Waals surface area (Å²) in [6.07, 6.45) is 0. The Kier molecular flexibility index (Phi) is 24.0. The number of nitrogens with zero attached hydrogens (tertiary/aromatic N) is 4. The number of benzene rings is 22. The van der Waals surface area contributed by atoms with Crippen LogP contribution in [0.25, 0.3) is 175 Å². The third kappa shape index (κ3) is 16.6. The van der Waals surface area contributed by atoms with Crippen LogP contribution < -0.4 is 30.5 Å². The van der Waals surface area contributed by atoms with Crippen LogP contribution in [0.5, 0.6) is 0 Å². The van der Waals surface area contributed by atoms with Gasteiger partial charge in [0.15, 0.2) is 22.3 Å². The summed E-state index contributed by atoms with van der Waals surface area (Å²) in [6.45, 7) is 13.5. The SMILES string of the molecule is CC(C)(C)c1ccc(Br)c2c1oc1c(N(c3ccccc3)c3ccc4ccccc4c3)ccc(Br)c12.CC(C)(C)c1ccc2c3ccc(N(c4ccccc4)c4ccc5ccccc5c4)c4oc5c(-c6ccccc6)ccc(c6ccc(N(c7ccccc7)c7ccc(-c8ccccc8)cc7)c7oc1c2c76)c5c43.OB(O)c1ccc(-c2ccccc2)c2oc3c(N(c4ccccc4)c4ccc5ccccc5c4)ccc(B(O)O)c3c12. The molecule has 16 heteroatoms. The molecule has 0 saturated heterocycles. The molecular formula is C134H98B2Br2N4O8. The number of anilines is 12. The van der Waals surface area contributed by atoms with Gasteiger partial charge in [0.2, 0.25) is 0 Å². The van der Waals surface area contributed by atoms with Crippen LogP contribution in [0.3, 0.4) is 0 Å². The molecule has 0 bridgehead atoms. The molecule has 4 N–H and O–H groups in total. The topological polar surface area (TPSA) is 146 Å². The van der Waals surface area contributed by atoms with E-state index in [0.29, 0.717) is 27.6 Å². The van der Waals surface area contributed by atoms with Gasteiger partial charge in [-0.15, -0.1) is 0 Å². The van der Waals surface area contributed by atoms with E-state index in [1.807, 2.05) is 84.9 Å². The highest BCUT2D eigenvalue weighted by Gasteiger charge is 2.36. The lowest BCUT2D eigenvalue weighted by Gasteiger charge is -2.26. The number of hydrogen-bond acceptors (Lipinski definition) is 12. The molecule has 0 amide bonds. The van der Waals surface area contributed by atoms with E-state index < -0.39 is 14.2 Å². The monoisotopic (exact) mass is 2070 g/mol. The third-order valence-corrected chi connectivity index (χ3v) is 30.4. The average Bonchev–Trinajstić information content (AvgIpc) is 1.52. The Morgan fingerprint density at radius 3 is 0.847 bits per heavy atom. The molecule has 150 heavy (non-hydrogen) atoms. The largest absolute Gasteiger partial charge is 0.489 e. The Labute approximate surface area is 884 Å². The number of para-hydroxylation sites is 4. The average molecular weight is 2070 g/mol. The molecule has 0 aliphatic heterocycles. The van der Waals surface area contributed by atoms with Gasteiger partial charge < -0.3 is 57.4 Å². The van der Waals surface area contributed by atoms with Crippen LogP contribution in [0.15, 0.2) is 488 Å². The molecule has 12 nitrogen and oxygen atoms in total. The van der Waals surface area contributed by atoms with Crippen molar-refractivity contribution in [1.29, 1.82) is 0 Å². The van der Waals surface area contributed by atoms with Crippen LogP contribution in [0.2, 0.25) is 0 Å². The fourth-order valence-electron chi connectivity index (χ4n) is 22.1. The van der Waals surface area contributed by atoms with Gasteiger partial charge in [0.1, 0.15) is 22.3 Å². The highest BCUT2D eigenvalue weighted by Crippen LogP contribution is 2.57. The van der Waals surface area contributed by atoms with Gasteiger partial charge in [-0.3, -0.25) is 0 Å². The number of hydrogen-bond donors (Lipinski definition) is 4. The van der Waals surface area contributed by atoms with Crippen molar-refractivity contribution in [3.8, 4) is 33.4 Å². The second kappa shape index (κ2) is 38.3. The molecule has 0 spiro atoms. The minimum Gasteiger partial charge on any atom is -0.453 e. The van der Waals surface area contributed by atoms with Crippen molar-refractivity contribution in [3.05, 3.63) is 481 Å². The lowest BCUT2D eigenvalue weighted by Crippen LogP contribution is -2.33. The molecule has 0 saturated carbocycles. The highest BCUT2D eigenvalue weighted by atomic mass is 79.9. The summed E-state index contributed by atoms with van der Waals surface area (Å²) in [5.74, 6) is 0. The van der Waals surface area contributed by atoms with Crippen molar-refractivity contribution in [2.75, 3.05) is 19.6 Å². The maximum absolute atomic E-state index is 10.5. The second-order valence-electron chi connectivity index (χ2n) is 40.3. The minimum absolute atomic E-state index is 0.0586. The van der Waals surface area contributed by atoms with Crippen LogP contribution in [-0.4, -0.2) is 34.3 Å². The van der Waals surface area contributed by atoms with Crippen molar-refractivity contribution in [2.24, 2.45) is 0 Å². The number of furan rings is 4. The molecular weight excluding hydrogens is 1970 g/mol. The molecule has 722 valence electrons. The van der Waals surface area contributed by atoms with E-state index in [1.54, 1.807) is 24.3 Å². The van der Waals surface area contributed by atoms with E-state index in [0.717, 1.165) is 197 Å². The van der Waals surface area contributed by atoms with Crippen molar-refractivity contribution in [2.45, 2.75) is 52.4 Å². The van der Waals surface area contributed by atoms with Gasteiger partial charge in [-0.2, -0.15) is 0 Å². The summed E-state index contributed by atoms with van der Waals surface area (Å²) < 4.78 is 30.7. The lowest BCUT2D eigenvalue weighted by molar-refractivity contribution is 0.424. The number of fused-ring (bicyclic) bond motifs is 11. The first kappa shape index (κ1) is 94.0. The zero-order valence-corrected chi connectivity index (χ0v) is 86.2. The highest BCUT2D eigenvalue weighted by molar-refractivity contribution is 9.11. The first-order valence-electron chi connectivity index (χ1n) is 50.5. The van der Waals surface area contributed by atoms with Gasteiger partial charge in [0, 0.05) is 120 Å². The maximum Gasteiger partial charge on any atom is 0.489 e. The normalized spacial score (nSPS) is 11.9. The summed E-state index contributed by atoms with van der Waals surface area (Å²) >= 11 is 7.65. The van der Waals surface area contributed by atoms with Gasteiger partial charge in [0.25, 0.3) is 0 Å². The van der Waals surface area contributed by atoms with E-state index >= 15 is 0 Å². The zero-order chi connectivity index (χ0) is 102. The van der Waals surface area contributed by atoms with Crippen molar-refractivity contribution >= 4 is 267 Å². The molecule has 0 aliphatic rings. The molecule has 0 atom stereocenters. The van der Waals surface area contributed by atoms with Crippen molar-refractivity contribution in [3.63, 3.8) is 0 Å². The van der Waals surface area contributed by atoms with Crippen molar-refractivity contribution < 1.29 is 37.8 Å². The van der Waals surface area contributed by atoms with E-state index in [2.05, 4.69) is 445 Å². The summed E-state index contributed by atoms with van der Waals surface area (Å²) in [4.78, 5) is 9.05. The molecule has 0 unspecified atom stereocenters. The van der Waals surface area contributed by atoms with Gasteiger partial charge in [-0.1, -0.05) is 395 Å². The van der Waals surface area contributed by atoms with E-state index in [9.17, 15) is 20.1 Å². The molecule has 4 heterocycles. The van der Waals surface area contributed by atoms with Crippen LogP contribution in [-0.2, 0) is 10.8 Å². The third-order valence-electron chi connectivity index (χ3n) is 29.1. The first-order chi connectivity index (χ1) is 73.2. The number of rotatable bonds is 17. The predicted octanol–water partition coefficient (Wildman–Crippen LogP) is 36.2. The standard InChI is InChI=1S/C68H48N2O2.C34H25B2NO5.C32H25Br2NO/c1-68(2,3)57-39-36-54-56-38-41-59(70(49-26-14-7-15-27-49)51-33-30-44-20-16-17-23-47(44)42-51)66-62(56)60-53(35-34-52(64(60)71-66)46-21-10-5-11-22-46)55-37-40-58(67-63(55)61(54)65(57)72-67)69(48-24-12-6-13-25-48)50-31-28-45(29-32-50)43-18-8-4-9-19-43;38-35(39)28-18-17-27(23-10-3-1-4-11-23)33-31(28)32-29(36(40)41)19-20-30(34(32)42-33)37(25-13-5-2-6-14-25)26-16-15-22-9-7-8-12-24(22)21-26;1-32(2,3)24-15-16-25(33)28-29-26(34)17-18-27(31(29)36-30(24)28)35(22-11-5-4-6-12-22)23-14-13-20-9-7-8-10-21(20)19-23/h4-42H,1-3H3;1-21,38-41H;4-19H,1-3H3. The summed E-state index contributed by atoms with van der Waals surface area (Å²) in [5, 5.41) is 60.5. The summed E-state index contributed by atoms with van der Waals surface area (Å²) in [5.41, 5.74) is 26.3. The summed E-state index contributed by atoms with van der Waals surface area (Å²) in [6, 6.07) is 160. The second-order valence-corrected chi connectivity index (χ2v) is 42.0. The molecule has 4 aromatic heterocycles. The van der Waals surface area contributed by atoms with Gasteiger partial charge >= 0.3 is 14.2 Å². The van der Waals surface area contributed by atoms with Crippen LogP contribution in [0, 0.1) is 0 Å². The van der Waals surface area contributed by atoms with Gasteiger partial charge in [-0.25, -0.2) is 0 Å². The van der Waals surface area contributed by atoms with Crippen LogP contribution in [0.4, 0.5) is 68.2 Å². The minimum atomic E-state index is -1.82. The van der Waals surface area contributed by atoms with Gasteiger partial charge in [0.05, 0.1) is 22.7 Å². The van der Waals surface area contributed by atoms with Crippen LogP contribution in [0.1, 0.15) is 52.7 Å². The van der Waals surface area contributed by atoms with Gasteiger partial charge in [-0.05, 0) is 237 Å². The Morgan fingerprint density at radius 2 is 0.447 bits per heavy atom. The Bertz CT molecular complexity index is 9850. The Hall–Kier alpha value is -17.1. The Balaban J connectivity index is 0.000000127. The van der Waals surface area contributed by atoms with E-state index in [4.69, 9.17) is 17.7 Å². The molecule has 0 aliphatic carbocycles. The van der Waals surface area contributed by atoms with E-state index in [-0.39, 0.29) is 21.8 Å². The number of halogens is 2. The smallest absolute Gasteiger partial charge is 0.453 e. The first-order valence-corrected chi connectivity index (χ1v) is 52.1. The molecule has 0 fully saturated rings. The van der Waals surface area contributed by atoms with E-state index in [1.165, 1.54) is 38.2 Å².